The number of fused-ring (bicyclic) bond motifs is 1. The number of aromatic amines is 1. The molecule has 164 valence electrons. The smallest absolute Gasteiger partial charge is 0.237 e. The maximum absolute atomic E-state index is 12.9. The van der Waals surface area contributed by atoms with Crippen LogP contribution in [0.2, 0.25) is 0 Å². The first-order valence-corrected chi connectivity index (χ1v) is 11.6. The maximum Gasteiger partial charge on any atom is 0.237 e. The van der Waals surface area contributed by atoms with Gasteiger partial charge in [-0.05, 0) is 42.8 Å². The van der Waals surface area contributed by atoms with Crippen LogP contribution in [0.3, 0.4) is 0 Å². The zero-order valence-corrected chi connectivity index (χ0v) is 19.2. The van der Waals surface area contributed by atoms with E-state index in [4.69, 9.17) is 0 Å². The number of hydrogen-bond donors (Lipinski definition) is 1. The van der Waals surface area contributed by atoms with Gasteiger partial charge in [0.2, 0.25) is 5.91 Å². The minimum atomic E-state index is -0.00126. The number of para-hydroxylation sites is 2. The second-order valence-corrected chi connectivity index (χ2v) is 8.75. The monoisotopic (exact) mass is 453 g/mol. The molecular formula is C26H23N5OS. The number of benzene rings is 3. The molecule has 6 nitrogen and oxygen atoms in total. The average Bonchev–Trinajstić information content (AvgIpc) is 3.46. The van der Waals surface area contributed by atoms with Gasteiger partial charge in [-0.3, -0.25) is 9.36 Å². The van der Waals surface area contributed by atoms with Crippen molar-refractivity contribution in [2.24, 2.45) is 0 Å². The number of aromatic nitrogens is 4. The Labute approximate surface area is 196 Å². The molecule has 1 amide bonds. The first-order valence-electron chi connectivity index (χ1n) is 10.6. The Kier molecular flexibility index (Phi) is 5.71. The molecule has 0 fully saturated rings. The van der Waals surface area contributed by atoms with Crippen molar-refractivity contribution in [3.63, 3.8) is 0 Å². The molecule has 0 unspecified atom stereocenters. The highest BCUT2D eigenvalue weighted by Crippen LogP contribution is 2.32. The van der Waals surface area contributed by atoms with Gasteiger partial charge in [0.25, 0.3) is 0 Å². The Morgan fingerprint density at radius 2 is 1.79 bits per heavy atom. The number of hydrogen-bond acceptors (Lipinski definition) is 4. The van der Waals surface area contributed by atoms with Crippen molar-refractivity contribution in [3.05, 3.63) is 90.6 Å². The molecule has 2 aromatic heterocycles. The van der Waals surface area contributed by atoms with E-state index in [1.807, 2.05) is 71.4 Å². The van der Waals surface area contributed by atoms with Gasteiger partial charge in [-0.1, -0.05) is 60.3 Å². The molecule has 0 aliphatic heterocycles. The number of H-pyrrole nitrogens is 1. The van der Waals surface area contributed by atoms with E-state index in [0.717, 1.165) is 39.2 Å². The van der Waals surface area contributed by atoms with Crippen LogP contribution in [0.25, 0.3) is 28.0 Å². The SMILES string of the molecule is Cc1cccc(-n2c(SCC(=O)N(C)c3ccccc3)nnc2-c2c[nH]c3ccccc23)c1. The topological polar surface area (TPSA) is 66.8 Å². The van der Waals surface area contributed by atoms with Crippen LogP contribution in [0.15, 0.2) is 90.2 Å². The average molecular weight is 454 g/mol. The van der Waals surface area contributed by atoms with E-state index in [-0.39, 0.29) is 11.7 Å². The summed E-state index contributed by atoms with van der Waals surface area (Å²) in [5.41, 5.74) is 4.98. The Hall–Kier alpha value is -3.84. The molecule has 3 aromatic carbocycles. The molecule has 0 aliphatic carbocycles. The number of thioether (sulfide) groups is 1. The van der Waals surface area contributed by atoms with E-state index in [1.165, 1.54) is 11.8 Å². The van der Waals surface area contributed by atoms with Gasteiger partial charge in [0.1, 0.15) is 0 Å². The fraction of sp³-hybridized carbons (Fsp3) is 0.115. The van der Waals surface area contributed by atoms with Crippen LogP contribution in [0.1, 0.15) is 5.56 Å². The van der Waals surface area contributed by atoms with Crippen LogP contribution in [0.4, 0.5) is 5.69 Å². The van der Waals surface area contributed by atoms with Gasteiger partial charge in [0, 0.05) is 41.1 Å². The van der Waals surface area contributed by atoms with Crippen molar-refractivity contribution >= 4 is 34.3 Å². The quantitative estimate of drug-likeness (QED) is 0.346. The summed E-state index contributed by atoms with van der Waals surface area (Å²) >= 11 is 1.39. The van der Waals surface area contributed by atoms with E-state index < -0.39 is 0 Å². The van der Waals surface area contributed by atoms with Gasteiger partial charge < -0.3 is 9.88 Å². The molecule has 0 aliphatic rings. The van der Waals surface area contributed by atoms with E-state index in [2.05, 4.69) is 40.3 Å². The van der Waals surface area contributed by atoms with Gasteiger partial charge >= 0.3 is 0 Å². The molecule has 0 bridgehead atoms. The van der Waals surface area contributed by atoms with Crippen molar-refractivity contribution < 1.29 is 4.79 Å². The predicted octanol–water partition coefficient (Wildman–Crippen LogP) is 5.48. The number of nitrogens with one attached hydrogen (secondary N) is 1. The van der Waals surface area contributed by atoms with Crippen molar-refractivity contribution in [2.75, 3.05) is 17.7 Å². The summed E-state index contributed by atoms with van der Waals surface area (Å²) in [5, 5.41) is 10.8. The maximum atomic E-state index is 12.9. The highest BCUT2D eigenvalue weighted by atomic mass is 32.2. The largest absolute Gasteiger partial charge is 0.360 e. The number of carbonyl (C=O) groups excluding carboxylic acids is 1. The first kappa shape index (κ1) is 21.0. The Balaban J connectivity index is 1.51. The summed E-state index contributed by atoms with van der Waals surface area (Å²) in [4.78, 5) is 17.9. The third-order valence-electron chi connectivity index (χ3n) is 5.57. The van der Waals surface area contributed by atoms with Gasteiger partial charge in [-0.25, -0.2) is 0 Å². The van der Waals surface area contributed by atoms with Crippen molar-refractivity contribution in [1.29, 1.82) is 0 Å². The third kappa shape index (κ3) is 4.15. The van der Waals surface area contributed by atoms with Crippen LogP contribution in [-0.4, -0.2) is 38.5 Å². The lowest BCUT2D eigenvalue weighted by atomic mass is 10.1. The van der Waals surface area contributed by atoms with E-state index >= 15 is 0 Å². The molecule has 5 aromatic rings. The zero-order chi connectivity index (χ0) is 22.8. The van der Waals surface area contributed by atoms with E-state index in [0.29, 0.717) is 5.16 Å². The summed E-state index contributed by atoms with van der Waals surface area (Å²) < 4.78 is 2.03. The Morgan fingerprint density at radius 1 is 1.00 bits per heavy atom. The molecule has 0 saturated heterocycles. The number of carbonyl (C=O) groups is 1. The molecule has 0 radical (unpaired) electrons. The summed E-state index contributed by atoms with van der Waals surface area (Å²) in [6, 6.07) is 26.0. The number of rotatable bonds is 6. The van der Waals surface area contributed by atoms with Crippen LogP contribution in [0.5, 0.6) is 0 Å². The minimum absolute atomic E-state index is 0.00126. The van der Waals surface area contributed by atoms with E-state index in [9.17, 15) is 4.79 Å². The van der Waals surface area contributed by atoms with Crippen molar-refractivity contribution in [1.82, 2.24) is 19.7 Å². The molecule has 33 heavy (non-hydrogen) atoms. The highest BCUT2D eigenvalue weighted by molar-refractivity contribution is 7.99. The number of anilines is 1. The van der Waals surface area contributed by atoms with Crippen molar-refractivity contribution in [3.8, 4) is 17.1 Å². The zero-order valence-electron chi connectivity index (χ0n) is 18.4. The second kappa shape index (κ2) is 8.96. The Morgan fingerprint density at radius 3 is 2.61 bits per heavy atom. The van der Waals surface area contributed by atoms with Gasteiger partial charge in [0.15, 0.2) is 11.0 Å². The lowest BCUT2D eigenvalue weighted by Gasteiger charge is -2.17. The molecule has 2 heterocycles. The minimum Gasteiger partial charge on any atom is -0.360 e. The van der Waals surface area contributed by atoms with Crippen LogP contribution in [-0.2, 0) is 4.79 Å². The van der Waals surface area contributed by atoms with Crippen molar-refractivity contribution in [2.45, 2.75) is 12.1 Å². The summed E-state index contributed by atoms with van der Waals surface area (Å²) in [6.07, 6.45) is 1.96. The summed E-state index contributed by atoms with van der Waals surface area (Å²) in [7, 11) is 1.79. The first-order chi connectivity index (χ1) is 16.1. The summed E-state index contributed by atoms with van der Waals surface area (Å²) in [6.45, 7) is 2.06. The fourth-order valence-corrected chi connectivity index (χ4v) is 4.68. The fourth-order valence-electron chi connectivity index (χ4n) is 3.81. The van der Waals surface area contributed by atoms with E-state index in [1.54, 1.807) is 11.9 Å². The molecule has 1 N–H and O–H groups in total. The number of amides is 1. The van der Waals surface area contributed by atoms with Gasteiger partial charge in [0.05, 0.1) is 5.75 Å². The molecular weight excluding hydrogens is 430 g/mol. The number of aryl methyl sites for hydroxylation is 1. The van der Waals surface area contributed by atoms with Crippen LogP contribution >= 0.6 is 11.8 Å². The van der Waals surface area contributed by atoms with Crippen LogP contribution in [0, 0.1) is 6.92 Å². The lowest BCUT2D eigenvalue weighted by molar-refractivity contribution is -0.115. The van der Waals surface area contributed by atoms with Crippen LogP contribution < -0.4 is 4.90 Å². The molecule has 0 spiro atoms. The normalized spacial score (nSPS) is 11.1. The number of nitrogens with zero attached hydrogens (tertiary/aromatic N) is 4. The van der Waals surface area contributed by atoms with Gasteiger partial charge in [-0.15, -0.1) is 10.2 Å². The standard InChI is InChI=1S/C26H23N5OS/c1-18-9-8-12-20(15-18)31-25(22-16-27-23-14-7-6-13-21(22)23)28-29-26(31)33-17-24(32)30(2)19-10-4-3-5-11-19/h3-16,27H,17H2,1-2H3. The molecule has 0 atom stereocenters. The third-order valence-corrected chi connectivity index (χ3v) is 6.48. The summed E-state index contributed by atoms with van der Waals surface area (Å²) in [5.74, 6) is 0.992. The molecule has 7 heteroatoms. The highest BCUT2D eigenvalue weighted by Gasteiger charge is 2.20. The lowest BCUT2D eigenvalue weighted by Crippen LogP contribution is -2.27. The van der Waals surface area contributed by atoms with Gasteiger partial charge in [-0.2, -0.15) is 0 Å². The molecule has 5 rings (SSSR count). The molecule has 0 saturated carbocycles. The Bertz CT molecular complexity index is 1420. The predicted molar refractivity (Wildman–Crippen MR) is 134 cm³/mol. The second-order valence-electron chi connectivity index (χ2n) is 7.81.